The summed E-state index contributed by atoms with van der Waals surface area (Å²) in [7, 11) is 1.69. The quantitative estimate of drug-likeness (QED) is 0.908. The van der Waals surface area contributed by atoms with Gasteiger partial charge in [0.1, 0.15) is 5.75 Å². The molecule has 0 aliphatic carbocycles. The fourth-order valence-electron chi connectivity index (χ4n) is 2.46. The van der Waals surface area contributed by atoms with Crippen molar-refractivity contribution < 1.29 is 4.74 Å². The number of hydrogen-bond acceptors (Lipinski definition) is 3. The maximum atomic E-state index is 6.00. The van der Waals surface area contributed by atoms with Crippen LogP contribution in [0, 0.1) is 6.92 Å². The third-order valence-corrected chi connectivity index (χ3v) is 3.80. The topological polar surface area (TPSA) is 63.9 Å². The first-order valence-corrected chi connectivity index (χ1v) is 7.27. The number of ether oxygens (including phenoxy) is 1. The van der Waals surface area contributed by atoms with Crippen molar-refractivity contribution >= 4 is 0 Å². The van der Waals surface area contributed by atoms with Gasteiger partial charge in [0.05, 0.1) is 12.8 Å². The first-order chi connectivity index (χ1) is 9.86. The number of aromatic nitrogens is 2. The maximum absolute atomic E-state index is 6.00. The summed E-state index contributed by atoms with van der Waals surface area (Å²) in [6.07, 6.45) is 0. The van der Waals surface area contributed by atoms with E-state index in [0.29, 0.717) is 6.54 Å². The van der Waals surface area contributed by atoms with Crippen LogP contribution in [0.1, 0.15) is 49.2 Å². The van der Waals surface area contributed by atoms with Gasteiger partial charge in [-0.1, -0.05) is 32.9 Å². The van der Waals surface area contributed by atoms with E-state index in [-0.39, 0.29) is 11.3 Å². The van der Waals surface area contributed by atoms with Crippen molar-refractivity contribution in [2.75, 3.05) is 13.7 Å². The number of methoxy groups -OCH3 is 1. The fourth-order valence-corrected chi connectivity index (χ4v) is 2.46. The van der Waals surface area contributed by atoms with E-state index in [0.717, 1.165) is 22.7 Å². The zero-order valence-electron chi connectivity index (χ0n) is 13.5. The van der Waals surface area contributed by atoms with Gasteiger partial charge in [0.2, 0.25) is 0 Å². The summed E-state index contributed by atoms with van der Waals surface area (Å²) in [5.41, 5.74) is 10.4. The second-order valence-electron chi connectivity index (χ2n) is 6.48. The summed E-state index contributed by atoms with van der Waals surface area (Å²) in [4.78, 5) is 0. The molecule has 0 aliphatic heterocycles. The average Bonchev–Trinajstić information content (AvgIpc) is 2.89. The lowest BCUT2D eigenvalue weighted by molar-refractivity contribution is 0.411. The molecular formula is C17H25N3O. The van der Waals surface area contributed by atoms with Crippen LogP contribution in [0.2, 0.25) is 0 Å². The summed E-state index contributed by atoms with van der Waals surface area (Å²) in [5, 5.41) is 7.58. The molecule has 3 N–H and O–H groups in total. The minimum atomic E-state index is 0.0315. The van der Waals surface area contributed by atoms with Crippen LogP contribution >= 0.6 is 0 Å². The van der Waals surface area contributed by atoms with E-state index < -0.39 is 0 Å². The summed E-state index contributed by atoms with van der Waals surface area (Å²) in [6, 6.07) is 8.32. The Kier molecular flexibility index (Phi) is 4.37. The molecule has 0 saturated heterocycles. The zero-order chi connectivity index (χ0) is 15.6. The van der Waals surface area contributed by atoms with Crippen molar-refractivity contribution in [3.05, 3.63) is 46.8 Å². The number of benzene rings is 1. The zero-order valence-corrected chi connectivity index (χ0v) is 13.5. The Bertz CT molecular complexity index is 611. The van der Waals surface area contributed by atoms with Crippen LogP contribution < -0.4 is 10.5 Å². The normalized spacial score (nSPS) is 13.2. The van der Waals surface area contributed by atoms with Crippen molar-refractivity contribution in [1.29, 1.82) is 0 Å². The molecule has 2 rings (SSSR count). The number of rotatable bonds is 4. The van der Waals surface area contributed by atoms with Gasteiger partial charge >= 0.3 is 0 Å². The molecule has 114 valence electrons. The van der Waals surface area contributed by atoms with Crippen LogP contribution in [0.15, 0.2) is 24.3 Å². The van der Waals surface area contributed by atoms with Crippen molar-refractivity contribution in [2.45, 2.75) is 39.0 Å². The molecule has 0 radical (unpaired) electrons. The number of H-pyrrole nitrogens is 1. The summed E-state index contributed by atoms with van der Waals surface area (Å²) in [6.45, 7) is 9.05. The largest absolute Gasteiger partial charge is 0.496 e. The standard InChI is InChI=1S/C17H25N3O/c1-11-8-12(6-7-15(11)21-5)13(10-18)14-9-16(20-19-14)17(2,3)4/h6-9,13H,10,18H2,1-5H3,(H,19,20). The summed E-state index contributed by atoms with van der Waals surface area (Å²) in [5.74, 6) is 1.02. The van der Waals surface area contributed by atoms with Crippen LogP contribution in [-0.4, -0.2) is 23.9 Å². The summed E-state index contributed by atoms with van der Waals surface area (Å²) < 4.78 is 5.32. The highest BCUT2D eigenvalue weighted by atomic mass is 16.5. The fraction of sp³-hybridized carbons (Fsp3) is 0.471. The predicted octanol–water partition coefficient (Wildman–Crippen LogP) is 3.11. The van der Waals surface area contributed by atoms with E-state index >= 15 is 0 Å². The first kappa shape index (κ1) is 15.6. The van der Waals surface area contributed by atoms with E-state index in [1.54, 1.807) is 7.11 Å². The molecular weight excluding hydrogens is 262 g/mol. The Labute approximate surface area is 126 Å². The number of nitrogens with two attached hydrogens (primary N) is 1. The van der Waals surface area contributed by atoms with Crippen LogP contribution in [0.3, 0.4) is 0 Å². The minimum Gasteiger partial charge on any atom is -0.496 e. The van der Waals surface area contributed by atoms with Crippen LogP contribution in [0.25, 0.3) is 0 Å². The molecule has 0 fully saturated rings. The van der Waals surface area contributed by atoms with E-state index in [4.69, 9.17) is 10.5 Å². The van der Waals surface area contributed by atoms with Crippen LogP contribution in [0.5, 0.6) is 5.75 Å². The predicted molar refractivity (Wildman–Crippen MR) is 85.9 cm³/mol. The molecule has 1 aromatic heterocycles. The SMILES string of the molecule is COc1ccc(C(CN)c2cc(C(C)(C)C)n[nH]2)cc1C. The number of nitrogens with one attached hydrogen (secondary N) is 1. The third kappa shape index (κ3) is 3.27. The van der Waals surface area contributed by atoms with E-state index in [1.165, 1.54) is 5.56 Å². The Morgan fingerprint density at radius 2 is 2.00 bits per heavy atom. The average molecular weight is 287 g/mol. The third-order valence-electron chi connectivity index (χ3n) is 3.80. The molecule has 1 heterocycles. The Morgan fingerprint density at radius 1 is 1.29 bits per heavy atom. The molecule has 4 heteroatoms. The highest BCUT2D eigenvalue weighted by Crippen LogP contribution is 2.29. The van der Waals surface area contributed by atoms with Crippen molar-refractivity contribution in [2.24, 2.45) is 5.73 Å². The number of aromatic amines is 1. The molecule has 1 aromatic carbocycles. The second kappa shape index (κ2) is 5.90. The summed E-state index contributed by atoms with van der Waals surface area (Å²) >= 11 is 0. The lowest BCUT2D eigenvalue weighted by Gasteiger charge is -2.16. The number of hydrogen-bond donors (Lipinski definition) is 2. The van der Waals surface area contributed by atoms with Gasteiger partial charge in [-0.15, -0.1) is 0 Å². The van der Waals surface area contributed by atoms with Crippen LogP contribution in [0.4, 0.5) is 0 Å². The lowest BCUT2D eigenvalue weighted by Crippen LogP contribution is -2.14. The van der Waals surface area contributed by atoms with Crippen molar-refractivity contribution in [3.63, 3.8) is 0 Å². The Balaban J connectivity index is 2.35. The van der Waals surface area contributed by atoms with E-state index in [9.17, 15) is 0 Å². The molecule has 0 bridgehead atoms. The molecule has 1 unspecified atom stereocenters. The molecule has 0 saturated carbocycles. The monoisotopic (exact) mass is 287 g/mol. The van der Waals surface area contributed by atoms with Gasteiger partial charge in [0, 0.05) is 23.6 Å². The first-order valence-electron chi connectivity index (χ1n) is 7.27. The minimum absolute atomic E-state index is 0.0315. The van der Waals surface area contributed by atoms with Crippen molar-refractivity contribution in [3.8, 4) is 5.75 Å². The van der Waals surface area contributed by atoms with Gasteiger partial charge < -0.3 is 10.5 Å². The van der Waals surface area contributed by atoms with Gasteiger partial charge in [-0.2, -0.15) is 5.10 Å². The highest BCUT2D eigenvalue weighted by Gasteiger charge is 2.21. The molecule has 0 amide bonds. The lowest BCUT2D eigenvalue weighted by atomic mass is 9.89. The van der Waals surface area contributed by atoms with E-state index in [1.807, 2.05) is 13.0 Å². The van der Waals surface area contributed by atoms with Gasteiger partial charge in [-0.25, -0.2) is 0 Å². The van der Waals surface area contributed by atoms with E-state index in [2.05, 4.69) is 49.2 Å². The molecule has 2 aromatic rings. The van der Waals surface area contributed by atoms with Crippen molar-refractivity contribution in [1.82, 2.24) is 10.2 Å². The molecule has 1 atom stereocenters. The smallest absolute Gasteiger partial charge is 0.121 e. The Morgan fingerprint density at radius 3 is 2.48 bits per heavy atom. The number of aryl methyl sites for hydroxylation is 1. The van der Waals surface area contributed by atoms with Gasteiger partial charge in [-0.05, 0) is 30.2 Å². The van der Waals surface area contributed by atoms with Gasteiger partial charge in [-0.3, -0.25) is 5.10 Å². The molecule has 4 nitrogen and oxygen atoms in total. The van der Waals surface area contributed by atoms with Gasteiger partial charge in [0.25, 0.3) is 0 Å². The number of nitrogens with zero attached hydrogens (tertiary/aromatic N) is 1. The van der Waals surface area contributed by atoms with Crippen LogP contribution in [-0.2, 0) is 5.41 Å². The highest BCUT2D eigenvalue weighted by molar-refractivity contribution is 5.40. The second-order valence-corrected chi connectivity index (χ2v) is 6.48. The molecule has 0 aliphatic rings. The maximum Gasteiger partial charge on any atom is 0.121 e. The van der Waals surface area contributed by atoms with Gasteiger partial charge in [0.15, 0.2) is 0 Å². The molecule has 21 heavy (non-hydrogen) atoms. The molecule has 0 spiro atoms. The Hall–Kier alpha value is -1.81.